The van der Waals surface area contributed by atoms with Gasteiger partial charge in [-0.15, -0.1) is 0 Å². The summed E-state index contributed by atoms with van der Waals surface area (Å²) in [5.41, 5.74) is 3.47. The summed E-state index contributed by atoms with van der Waals surface area (Å²) in [5, 5.41) is 0. The molecular formula is C22H21N3O4. The quantitative estimate of drug-likeness (QED) is 0.638. The first kappa shape index (κ1) is 18.9. The highest BCUT2D eigenvalue weighted by atomic mass is 16.5. The van der Waals surface area contributed by atoms with Gasteiger partial charge in [0.2, 0.25) is 5.91 Å². The fourth-order valence-electron chi connectivity index (χ4n) is 3.43. The molecule has 1 aliphatic rings. The molecule has 1 aromatic carbocycles. The first-order valence-electron chi connectivity index (χ1n) is 9.43. The van der Waals surface area contributed by atoms with E-state index in [4.69, 9.17) is 4.74 Å². The predicted molar refractivity (Wildman–Crippen MR) is 108 cm³/mol. The Morgan fingerprint density at radius 1 is 1.10 bits per heavy atom. The minimum atomic E-state index is -0.534. The monoisotopic (exact) mass is 391 g/mol. The molecule has 0 saturated carbocycles. The van der Waals surface area contributed by atoms with Crippen molar-refractivity contribution in [2.45, 2.75) is 26.9 Å². The minimum absolute atomic E-state index is 0.103. The van der Waals surface area contributed by atoms with E-state index in [1.807, 2.05) is 44.2 Å². The van der Waals surface area contributed by atoms with Crippen LogP contribution < -0.4 is 10.5 Å². The molecule has 1 atom stereocenters. The first-order valence-corrected chi connectivity index (χ1v) is 9.43. The number of esters is 1. The van der Waals surface area contributed by atoms with Crippen molar-refractivity contribution in [1.82, 2.24) is 9.38 Å². The molecule has 3 aromatic rings. The molecule has 0 aliphatic carbocycles. The third-order valence-electron chi connectivity index (χ3n) is 5.03. The average Bonchev–Trinajstić information content (AvgIpc) is 3.09. The van der Waals surface area contributed by atoms with Crippen molar-refractivity contribution in [2.75, 3.05) is 11.4 Å². The van der Waals surface area contributed by atoms with Crippen molar-refractivity contribution in [2.24, 2.45) is 5.92 Å². The van der Waals surface area contributed by atoms with Crippen LogP contribution in [0.1, 0.15) is 23.2 Å². The second-order valence-electron chi connectivity index (χ2n) is 7.37. The van der Waals surface area contributed by atoms with Crippen LogP contribution >= 0.6 is 0 Å². The van der Waals surface area contributed by atoms with E-state index in [-0.39, 0.29) is 31.0 Å². The number of aromatic nitrogens is 2. The van der Waals surface area contributed by atoms with Crippen molar-refractivity contribution in [3.8, 4) is 0 Å². The van der Waals surface area contributed by atoms with Crippen molar-refractivity contribution in [3.63, 3.8) is 0 Å². The van der Waals surface area contributed by atoms with Gasteiger partial charge in [-0.25, -0.2) is 4.98 Å². The van der Waals surface area contributed by atoms with Crippen LogP contribution in [-0.2, 0) is 20.9 Å². The Morgan fingerprint density at radius 2 is 1.83 bits per heavy atom. The van der Waals surface area contributed by atoms with E-state index in [2.05, 4.69) is 4.98 Å². The van der Waals surface area contributed by atoms with E-state index in [0.29, 0.717) is 11.3 Å². The number of ether oxygens (including phenoxy) is 1. The molecule has 3 heterocycles. The van der Waals surface area contributed by atoms with Gasteiger partial charge in [-0.2, -0.15) is 0 Å². The molecule has 1 aliphatic heterocycles. The van der Waals surface area contributed by atoms with Crippen molar-refractivity contribution >= 4 is 23.2 Å². The number of benzene rings is 1. The number of anilines is 1. The van der Waals surface area contributed by atoms with Crippen molar-refractivity contribution in [1.29, 1.82) is 0 Å². The van der Waals surface area contributed by atoms with Gasteiger partial charge in [0.15, 0.2) is 0 Å². The number of rotatable bonds is 4. The topological polar surface area (TPSA) is 81.0 Å². The Hall–Kier alpha value is -3.48. The number of nitrogens with zero attached hydrogens (tertiary/aromatic N) is 3. The van der Waals surface area contributed by atoms with Crippen LogP contribution in [0.15, 0.2) is 53.5 Å². The van der Waals surface area contributed by atoms with Gasteiger partial charge < -0.3 is 9.64 Å². The van der Waals surface area contributed by atoms with Crippen LogP contribution in [0.5, 0.6) is 0 Å². The Kier molecular flexibility index (Phi) is 4.88. The number of carbonyl (C=O) groups excluding carboxylic acids is 2. The van der Waals surface area contributed by atoms with E-state index >= 15 is 0 Å². The molecule has 29 heavy (non-hydrogen) atoms. The number of amides is 1. The van der Waals surface area contributed by atoms with E-state index in [1.165, 1.54) is 10.5 Å². The fraction of sp³-hybridized carbons (Fsp3) is 0.273. The lowest BCUT2D eigenvalue weighted by Crippen LogP contribution is -2.26. The molecule has 0 radical (unpaired) electrons. The summed E-state index contributed by atoms with van der Waals surface area (Å²) in [6.07, 6.45) is 1.82. The first-order chi connectivity index (χ1) is 13.9. The largest absolute Gasteiger partial charge is 0.459 e. The lowest BCUT2D eigenvalue weighted by Gasteiger charge is -2.16. The molecule has 1 amide bonds. The summed E-state index contributed by atoms with van der Waals surface area (Å²) in [4.78, 5) is 43.0. The molecule has 1 saturated heterocycles. The summed E-state index contributed by atoms with van der Waals surface area (Å²) in [5.74, 6) is -1.10. The number of aryl methyl sites for hydroxylation is 2. The zero-order valence-electron chi connectivity index (χ0n) is 16.3. The third-order valence-corrected chi connectivity index (χ3v) is 5.03. The van der Waals surface area contributed by atoms with Gasteiger partial charge in [0, 0.05) is 30.9 Å². The normalized spacial score (nSPS) is 16.4. The Bertz CT molecular complexity index is 1150. The van der Waals surface area contributed by atoms with Gasteiger partial charge in [-0.1, -0.05) is 23.8 Å². The molecule has 4 rings (SSSR count). The predicted octanol–water partition coefficient (Wildman–Crippen LogP) is 2.41. The third kappa shape index (κ3) is 3.89. The maximum atomic E-state index is 12.5. The molecule has 148 valence electrons. The zero-order chi connectivity index (χ0) is 20.5. The second kappa shape index (κ2) is 7.50. The maximum absolute atomic E-state index is 12.5. The molecule has 0 unspecified atom stereocenters. The molecule has 0 N–H and O–H groups in total. The zero-order valence-corrected chi connectivity index (χ0v) is 16.3. The maximum Gasteiger partial charge on any atom is 0.311 e. The fourth-order valence-corrected chi connectivity index (χ4v) is 3.43. The van der Waals surface area contributed by atoms with Crippen LogP contribution in [0.4, 0.5) is 5.69 Å². The van der Waals surface area contributed by atoms with Crippen molar-refractivity contribution in [3.05, 3.63) is 75.8 Å². The summed E-state index contributed by atoms with van der Waals surface area (Å²) >= 11 is 0. The highest BCUT2D eigenvalue weighted by Gasteiger charge is 2.36. The SMILES string of the molecule is Cc1ccc(N2C[C@@H](C(=O)OCc3cc(=O)n4cc(C)ccc4n3)CC2=O)cc1. The second-order valence-corrected chi connectivity index (χ2v) is 7.37. The van der Waals surface area contributed by atoms with Crippen LogP contribution in [-0.4, -0.2) is 27.8 Å². The highest BCUT2D eigenvalue weighted by Crippen LogP contribution is 2.26. The lowest BCUT2D eigenvalue weighted by atomic mass is 10.1. The van der Waals surface area contributed by atoms with Gasteiger partial charge >= 0.3 is 5.97 Å². The Balaban J connectivity index is 1.43. The molecular weight excluding hydrogens is 370 g/mol. The van der Waals surface area contributed by atoms with Gasteiger partial charge in [0.25, 0.3) is 5.56 Å². The van der Waals surface area contributed by atoms with Gasteiger partial charge in [0.05, 0.1) is 11.6 Å². The van der Waals surface area contributed by atoms with Crippen LogP contribution in [0.25, 0.3) is 5.65 Å². The lowest BCUT2D eigenvalue weighted by molar-refractivity contribution is -0.149. The summed E-state index contributed by atoms with van der Waals surface area (Å²) in [6.45, 7) is 4.05. The molecule has 7 nitrogen and oxygen atoms in total. The number of hydrogen-bond acceptors (Lipinski definition) is 5. The van der Waals surface area contributed by atoms with Crippen LogP contribution in [0.2, 0.25) is 0 Å². The number of carbonyl (C=O) groups is 2. The average molecular weight is 391 g/mol. The molecule has 2 aromatic heterocycles. The highest BCUT2D eigenvalue weighted by molar-refractivity contribution is 5.99. The molecule has 1 fully saturated rings. The van der Waals surface area contributed by atoms with E-state index < -0.39 is 11.9 Å². The van der Waals surface area contributed by atoms with Gasteiger partial charge in [-0.05, 0) is 37.6 Å². The number of pyridine rings is 1. The smallest absolute Gasteiger partial charge is 0.311 e. The number of hydrogen-bond donors (Lipinski definition) is 0. The van der Waals surface area contributed by atoms with Gasteiger partial charge in [0.1, 0.15) is 12.3 Å². The van der Waals surface area contributed by atoms with Crippen LogP contribution in [0.3, 0.4) is 0 Å². The van der Waals surface area contributed by atoms with E-state index in [0.717, 1.165) is 16.8 Å². The van der Waals surface area contributed by atoms with Gasteiger partial charge in [-0.3, -0.25) is 18.8 Å². The van der Waals surface area contributed by atoms with Crippen molar-refractivity contribution < 1.29 is 14.3 Å². The number of fused-ring (bicyclic) bond motifs is 1. The van der Waals surface area contributed by atoms with Crippen LogP contribution in [0, 0.1) is 19.8 Å². The van der Waals surface area contributed by atoms with E-state index in [1.54, 1.807) is 17.2 Å². The Labute approximate surface area is 167 Å². The standard InChI is InChI=1S/C22H21N3O4/c1-14-3-6-18(7-4-14)24-12-16(9-20(24)26)22(28)29-13-17-10-21(27)25-11-15(2)5-8-19(25)23-17/h3-8,10-11,16H,9,12-13H2,1-2H3/t16-/m0/s1. The van der Waals surface area contributed by atoms with E-state index in [9.17, 15) is 14.4 Å². The summed E-state index contributed by atoms with van der Waals surface area (Å²) in [7, 11) is 0. The Morgan fingerprint density at radius 3 is 2.59 bits per heavy atom. The molecule has 0 spiro atoms. The molecule has 7 heteroatoms. The molecule has 0 bridgehead atoms. The summed E-state index contributed by atoms with van der Waals surface area (Å²) in [6, 6.07) is 12.6. The summed E-state index contributed by atoms with van der Waals surface area (Å²) < 4.78 is 6.82. The minimum Gasteiger partial charge on any atom is -0.459 e.